The number of benzene rings is 2. The number of anilines is 3. The van der Waals surface area contributed by atoms with Crippen molar-refractivity contribution < 1.29 is 9.59 Å². The van der Waals surface area contributed by atoms with Crippen LogP contribution in [0.1, 0.15) is 34.8 Å². The SMILES string of the molecule is CC(=O)Nc1ccc(-c2ccnc(Nc3ccc(C)cc3)n2)c2c1C(=O)CC2. The number of fused-ring (bicyclic) bond motifs is 1. The molecule has 1 amide bonds. The summed E-state index contributed by atoms with van der Waals surface area (Å²) in [6.45, 7) is 3.47. The molecule has 0 fully saturated rings. The number of ketones is 1. The zero-order chi connectivity index (χ0) is 19.7. The predicted molar refractivity (Wildman–Crippen MR) is 109 cm³/mol. The van der Waals surface area contributed by atoms with E-state index in [9.17, 15) is 9.59 Å². The highest BCUT2D eigenvalue weighted by Crippen LogP contribution is 2.36. The van der Waals surface area contributed by atoms with E-state index >= 15 is 0 Å². The first kappa shape index (κ1) is 17.9. The number of nitrogens with zero attached hydrogens (tertiary/aromatic N) is 2. The summed E-state index contributed by atoms with van der Waals surface area (Å²) in [4.78, 5) is 32.8. The number of aromatic nitrogens is 2. The fraction of sp³-hybridized carbons (Fsp3) is 0.182. The predicted octanol–water partition coefficient (Wildman–Crippen LogP) is 4.28. The molecular weight excluding hydrogens is 352 g/mol. The highest BCUT2D eigenvalue weighted by atomic mass is 16.1. The zero-order valence-electron chi connectivity index (χ0n) is 15.7. The third kappa shape index (κ3) is 3.49. The molecule has 6 nitrogen and oxygen atoms in total. The molecule has 3 aromatic rings. The van der Waals surface area contributed by atoms with E-state index in [1.54, 1.807) is 12.3 Å². The lowest BCUT2D eigenvalue weighted by molar-refractivity contribution is -0.114. The Balaban J connectivity index is 1.71. The Morgan fingerprint density at radius 1 is 1.04 bits per heavy atom. The molecule has 0 saturated heterocycles. The second kappa shape index (κ2) is 7.23. The molecule has 0 atom stereocenters. The average Bonchev–Trinajstić information content (AvgIpc) is 3.06. The smallest absolute Gasteiger partial charge is 0.227 e. The van der Waals surface area contributed by atoms with E-state index in [2.05, 4.69) is 20.6 Å². The van der Waals surface area contributed by atoms with Gasteiger partial charge in [-0.05, 0) is 43.2 Å². The molecule has 0 spiro atoms. The van der Waals surface area contributed by atoms with Crippen LogP contribution in [0, 0.1) is 6.92 Å². The first-order chi connectivity index (χ1) is 13.5. The van der Waals surface area contributed by atoms with Crippen LogP contribution < -0.4 is 10.6 Å². The molecule has 1 aromatic heterocycles. The highest BCUT2D eigenvalue weighted by Gasteiger charge is 2.27. The quantitative estimate of drug-likeness (QED) is 0.714. The van der Waals surface area contributed by atoms with Crippen LogP contribution in [0.5, 0.6) is 0 Å². The van der Waals surface area contributed by atoms with Crippen molar-refractivity contribution in [3.63, 3.8) is 0 Å². The Morgan fingerprint density at radius 3 is 2.57 bits per heavy atom. The van der Waals surface area contributed by atoms with Gasteiger partial charge in [0.05, 0.1) is 11.4 Å². The summed E-state index contributed by atoms with van der Waals surface area (Å²) in [5.41, 5.74) is 5.81. The maximum Gasteiger partial charge on any atom is 0.227 e. The topological polar surface area (TPSA) is 84.0 Å². The van der Waals surface area contributed by atoms with Gasteiger partial charge in [-0.2, -0.15) is 0 Å². The van der Waals surface area contributed by atoms with E-state index < -0.39 is 0 Å². The van der Waals surface area contributed by atoms with Gasteiger partial charge in [0.1, 0.15) is 0 Å². The first-order valence-electron chi connectivity index (χ1n) is 9.15. The Kier molecular flexibility index (Phi) is 4.61. The second-order valence-electron chi connectivity index (χ2n) is 6.88. The van der Waals surface area contributed by atoms with Gasteiger partial charge in [-0.25, -0.2) is 9.97 Å². The van der Waals surface area contributed by atoms with Gasteiger partial charge in [0.15, 0.2) is 5.78 Å². The number of carbonyl (C=O) groups excluding carboxylic acids is 2. The van der Waals surface area contributed by atoms with Crippen molar-refractivity contribution in [3.8, 4) is 11.3 Å². The Hall–Kier alpha value is -3.54. The van der Waals surface area contributed by atoms with Gasteiger partial charge < -0.3 is 10.6 Å². The van der Waals surface area contributed by atoms with E-state index in [0.717, 1.165) is 22.5 Å². The summed E-state index contributed by atoms with van der Waals surface area (Å²) in [5, 5.41) is 5.97. The van der Waals surface area contributed by atoms with Crippen molar-refractivity contribution in [1.82, 2.24) is 9.97 Å². The molecule has 2 N–H and O–H groups in total. The van der Waals surface area contributed by atoms with Gasteiger partial charge in [0, 0.05) is 36.4 Å². The lowest BCUT2D eigenvalue weighted by Crippen LogP contribution is -2.10. The number of rotatable bonds is 4. The number of hydrogen-bond donors (Lipinski definition) is 2. The number of hydrogen-bond acceptors (Lipinski definition) is 5. The summed E-state index contributed by atoms with van der Waals surface area (Å²) in [6, 6.07) is 13.5. The molecule has 0 radical (unpaired) electrons. The van der Waals surface area contributed by atoms with Crippen LogP contribution in [0.15, 0.2) is 48.7 Å². The average molecular weight is 372 g/mol. The van der Waals surface area contributed by atoms with Crippen LogP contribution in [-0.4, -0.2) is 21.7 Å². The molecule has 1 heterocycles. The lowest BCUT2D eigenvalue weighted by atomic mass is 9.98. The summed E-state index contributed by atoms with van der Waals surface area (Å²) in [6.07, 6.45) is 2.78. The summed E-state index contributed by atoms with van der Waals surface area (Å²) < 4.78 is 0. The van der Waals surface area contributed by atoms with Crippen LogP contribution in [0.2, 0.25) is 0 Å². The van der Waals surface area contributed by atoms with Crippen molar-refractivity contribution >= 4 is 29.0 Å². The molecule has 28 heavy (non-hydrogen) atoms. The summed E-state index contributed by atoms with van der Waals surface area (Å²) >= 11 is 0. The maximum absolute atomic E-state index is 12.4. The van der Waals surface area contributed by atoms with Crippen molar-refractivity contribution in [1.29, 1.82) is 0 Å². The summed E-state index contributed by atoms with van der Waals surface area (Å²) in [5.74, 6) is 0.347. The third-order valence-electron chi connectivity index (χ3n) is 4.74. The minimum atomic E-state index is -0.193. The standard InChI is InChI=1S/C22H20N4O2/c1-13-3-5-15(6-4-13)25-22-23-12-11-18(26-22)16-7-9-19(24-14(2)27)21-17(16)8-10-20(21)28/h3-7,9,11-12H,8,10H2,1-2H3,(H,24,27)(H,23,25,26). The molecule has 4 rings (SSSR count). The van der Waals surface area contributed by atoms with Gasteiger partial charge >= 0.3 is 0 Å². The molecule has 1 aliphatic carbocycles. The number of nitrogens with one attached hydrogen (secondary N) is 2. The van der Waals surface area contributed by atoms with Crippen LogP contribution in [0.3, 0.4) is 0 Å². The van der Waals surface area contributed by atoms with Crippen LogP contribution in [0.25, 0.3) is 11.3 Å². The zero-order valence-corrected chi connectivity index (χ0v) is 15.7. The molecular formula is C22H20N4O2. The monoisotopic (exact) mass is 372 g/mol. The Morgan fingerprint density at radius 2 is 1.82 bits per heavy atom. The van der Waals surface area contributed by atoms with Gasteiger partial charge in [-0.15, -0.1) is 0 Å². The van der Waals surface area contributed by atoms with E-state index in [0.29, 0.717) is 30.0 Å². The highest BCUT2D eigenvalue weighted by molar-refractivity contribution is 6.09. The minimum Gasteiger partial charge on any atom is -0.326 e. The molecule has 0 aliphatic heterocycles. The van der Waals surface area contributed by atoms with Gasteiger partial charge in [0.25, 0.3) is 0 Å². The van der Waals surface area contributed by atoms with Crippen molar-refractivity contribution in [2.24, 2.45) is 0 Å². The van der Waals surface area contributed by atoms with Crippen LogP contribution >= 0.6 is 0 Å². The summed E-state index contributed by atoms with van der Waals surface area (Å²) in [7, 11) is 0. The van der Waals surface area contributed by atoms with Crippen molar-refractivity contribution in [2.75, 3.05) is 10.6 Å². The van der Waals surface area contributed by atoms with E-state index in [1.807, 2.05) is 43.3 Å². The lowest BCUT2D eigenvalue weighted by Gasteiger charge is -2.13. The van der Waals surface area contributed by atoms with Gasteiger partial charge in [0.2, 0.25) is 11.9 Å². The minimum absolute atomic E-state index is 0.0488. The fourth-order valence-electron chi connectivity index (χ4n) is 3.46. The first-order valence-corrected chi connectivity index (χ1v) is 9.15. The molecule has 0 bridgehead atoms. The van der Waals surface area contributed by atoms with E-state index in [1.165, 1.54) is 12.5 Å². The largest absolute Gasteiger partial charge is 0.326 e. The molecule has 0 saturated carbocycles. The Bertz CT molecular complexity index is 1070. The van der Waals surface area contributed by atoms with Crippen molar-refractivity contribution in [2.45, 2.75) is 26.7 Å². The molecule has 2 aromatic carbocycles. The Labute approximate surface area is 163 Å². The molecule has 140 valence electrons. The van der Waals surface area contributed by atoms with E-state index in [4.69, 9.17) is 0 Å². The number of amides is 1. The molecule has 1 aliphatic rings. The molecule has 6 heteroatoms. The van der Waals surface area contributed by atoms with Gasteiger partial charge in [-0.1, -0.05) is 23.8 Å². The van der Waals surface area contributed by atoms with Crippen LogP contribution in [0.4, 0.5) is 17.3 Å². The molecule has 0 unspecified atom stereocenters. The van der Waals surface area contributed by atoms with Crippen LogP contribution in [-0.2, 0) is 11.2 Å². The van der Waals surface area contributed by atoms with E-state index in [-0.39, 0.29) is 11.7 Å². The number of aryl methyl sites for hydroxylation is 1. The third-order valence-corrected chi connectivity index (χ3v) is 4.74. The second-order valence-corrected chi connectivity index (χ2v) is 6.88. The number of Topliss-reactive ketones (excluding diaryl/α,β-unsaturated/α-hetero) is 1. The normalized spacial score (nSPS) is 12.6. The van der Waals surface area contributed by atoms with Gasteiger partial charge in [-0.3, -0.25) is 9.59 Å². The van der Waals surface area contributed by atoms with Crippen molar-refractivity contribution in [3.05, 3.63) is 65.4 Å². The maximum atomic E-state index is 12.4. The fourth-order valence-corrected chi connectivity index (χ4v) is 3.46. The number of carbonyl (C=O) groups is 2.